The lowest BCUT2D eigenvalue weighted by Gasteiger charge is -2.23. The minimum atomic E-state index is -1.66. The summed E-state index contributed by atoms with van der Waals surface area (Å²) in [5.41, 5.74) is 0.473. The van der Waals surface area contributed by atoms with E-state index >= 15 is 0 Å². The molecule has 2 aromatic rings. The third kappa shape index (κ3) is 5.55. The lowest BCUT2D eigenvalue weighted by molar-refractivity contribution is -0.126. The predicted molar refractivity (Wildman–Crippen MR) is 95.3 cm³/mol. The van der Waals surface area contributed by atoms with Gasteiger partial charge in [0, 0.05) is 6.54 Å². The number of nitrogens with one attached hydrogen (secondary N) is 2. The van der Waals surface area contributed by atoms with Gasteiger partial charge in [-0.1, -0.05) is 30.3 Å². The van der Waals surface area contributed by atoms with Gasteiger partial charge in [-0.2, -0.15) is 0 Å². The molecular weight excluding hydrogens is 359 g/mol. The van der Waals surface area contributed by atoms with Gasteiger partial charge in [-0.25, -0.2) is 13.2 Å². The number of carbonyl (C=O) groups is 2. The molecule has 5 nitrogen and oxygen atoms in total. The first kappa shape index (κ1) is 20.4. The van der Waals surface area contributed by atoms with Gasteiger partial charge in [-0.3, -0.25) is 14.5 Å². The Kier molecular flexibility index (Phi) is 6.95. The van der Waals surface area contributed by atoms with Crippen molar-refractivity contribution >= 4 is 17.5 Å². The molecule has 2 rings (SSSR count). The number of benzene rings is 2. The van der Waals surface area contributed by atoms with E-state index in [1.54, 1.807) is 14.0 Å². The van der Waals surface area contributed by atoms with Gasteiger partial charge in [0.25, 0.3) is 0 Å². The molecule has 0 aliphatic rings. The van der Waals surface area contributed by atoms with Crippen LogP contribution in [-0.2, 0) is 16.1 Å². The highest BCUT2D eigenvalue weighted by Gasteiger charge is 2.21. The first-order valence-electron chi connectivity index (χ1n) is 8.24. The maximum atomic E-state index is 13.6. The van der Waals surface area contributed by atoms with Gasteiger partial charge in [-0.15, -0.1) is 0 Å². The van der Waals surface area contributed by atoms with Crippen LogP contribution in [0.3, 0.4) is 0 Å². The molecule has 0 spiro atoms. The highest BCUT2D eigenvalue weighted by Crippen LogP contribution is 2.19. The summed E-state index contributed by atoms with van der Waals surface area (Å²) in [6.45, 7) is 1.73. The Hall–Kier alpha value is -2.87. The van der Waals surface area contributed by atoms with Crippen LogP contribution in [0.25, 0.3) is 0 Å². The number of anilines is 1. The Morgan fingerprint density at radius 3 is 2.37 bits per heavy atom. The maximum absolute atomic E-state index is 13.6. The van der Waals surface area contributed by atoms with E-state index in [2.05, 4.69) is 10.6 Å². The average molecular weight is 379 g/mol. The highest BCUT2D eigenvalue weighted by molar-refractivity contribution is 5.93. The second-order valence-electron chi connectivity index (χ2n) is 6.07. The third-order valence-corrected chi connectivity index (χ3v) is 4.05. The van der Waals surface area contributed by atoms with E-state index in [0.29, 0.717) is 6.54 Å². The monoisotopic (exact) mass is 379 g/mol. The fraction of sp³-hybridized carbons (Fsp3) is 0.263. The minimum absolute atomic E-state index is 0.238. The molecule has 27 heavy (non-hydrogen) atoms. The zero-order valence-electron chi connectivity index (χ0n) is 14.9. The molecule has 0 saturated carbocycles. The van der Waals surface area contributed by atoms with Crippen molar-refractivity contribution in [2.24, 2.45) is 0 Å². The lowest BCUT2D eigenvalue weighted by Crippen LogP contribution is -2.45. The van der Waals surface area contributed by atoms with Crippen molar-refractivity contribution in [1.29, 1.82) is 0 Å². The second kappa shape index (κ2) is 9.18. The molecule has 0 heterocycles. The van der Waals surface area contributed by atoms with Crippen molar-refractivity contribution < 1.29 is 22.8 Å². The normalized spacial score (nSPS) is 11.9. The Balaban J connectivity index is 1.87. The molecular formula is C19H20F3N3O2. The van der Waals surface area contributed by atoms with Crippen molar-refractivity contribution in [1.82, 2.24) is 10.2 Å². The minimum Gasteiger partial charge on any atom is -0.351 e. The van der Waals surface area contributed by atoms with E-state index in [1.165, 1.54) is 4.90 Å². The fourth-order valence-electron chi connectivity index (χ4n) is 2.31. The number of likely N-dealkylation sites (N-methyl/N-ethyl adjacent to an activating group) is 1. The van der Waals surface area contributed by atoms with Gasteiger partial charge < -0.3 is 10.6 Å². The van der Waals surface area contributed by atoms with Crippen LogP contribution < -0.4 is 10.6 Å². The second-order valence-corrected chi connectivity index (χ2v) is 6.07. The molecule has 0 aliphatic heterocycles. The molecule has 0 bridgehead atoms. The van der Waals surface area contributed by atoms with Gasteiger partial charge in [0.05, 0.1) is 18.3 Å². The van der Waals surface area contributed by atoms with Crippen molar-refractivity contribution in [2.75, 3.05) is 18.9 Å². The quantitative estimate of drug-likeness (QED) is 0.728. The standard InChI is InChI=1S/C19H20F3N3O2/c1-12(19(27)23-10-13-6-4-3-5-7-13)25(2)11-16(26)24-15-9-8-14(20)17(21)18(15)22/h3-9,12H,10-11H2,1-2H3,(H,23,27)(H,24,26)/t12-/m1/s1. The number of rotatable bonds is 7. The zero-order chi connectivity index (χ0) is 20.0. The summed E-state index contributed by atoms with van der Waals surface area (Å²) in [4.78, 5) is 25.7. The van der Waals surface area contributed by atoms with Crippen molar-refractivity contribution in [3.8, 4) is 0 Å². The lowest BCUT2D eigenvalue weighted by atomic mass is 10.2. The van der Waals surface area contributed by atoms with E-state index in [4.69, 9.17) is 0 Å². The zero-order valence-corrected chi connectivity index (χ0v) is 14.9. The molecule has 0 aliphatic carbocycles. The summed E-state index contributed by atoms with van der Waals surface area (Å²) in [5.74, 6) is -5.42. The molecule has 8 heteroatoms. The topological polar surface area (TPSA) is 61.4 Å². The van der Waals surface area contributed by atoms with Crippen LogP contribution in [0, 0.1) is 17.5 Å². The molecule has 0 unspecified atom stereocenters. The highest BCUT2D eigenvalue weighted by atomic mass is 19.2. The smallest absolute Gasteiger partial charge is 0.238 e. The van der Waals surface area contributed by atoms with Gasteiger partial charge in [0.1, 0.15) is 0 Å². The molecule has 0 aromatic heterocycles. The summed E-state index contributed by atoms with van der Waals surface area (Å²) in [6, 6.07) is 10.4. The molecule has 2 aromatic carbocycles. The van der Waals surface area contributed by atoms with Gasteiger partial charge in [0.2, 0.25) is 11.8 Å². The predicted octanol–water partition coefficient (Wildman–Crippen LogP) is 2.68. The van der Waals surface area contributed by atoms with E-state index < -0.39 is 35.1 Å². The van der Waals surface area contributed by atoms with Crippen LogP contribution in [0.2, 0.25) is 0 Å². The van der Waals surface area contributed by atoms with Crippen LogP contribution >= 0.6 is 0 Å². The summed E-state index contributed by atoms with van der Waals surface area (Å²) in [7, 11) is 1.55. The first-order valence-corrected chi connectivity index (χ1v) is 8.24. The number of carbonyl (C=O) groups excluding carboxylic acids is 2. The molecule has 0 saturated heterocycles. The number of halogens is 3. The Bertz CT molecular complexity index is 815. The summed E-state index contributed by atoms with van der Waals surface area (Å²) in [6.07, 6.45) is 0. The van der Waals surface area contributed by atoms with Crippen molar-refractivity contribution in [3.63, 3.8) is 0 Å². The van der Waals surface area contributed by atoms with Gasteiger partial charge >= 0.3 is 0 Å². The summed E-state index contributed by atoms with van der Waals surface area (Å²) < 4.78 is 39.7. The molecule has 0 radical (unpaired) electrons. The largest absolute Gasteiger partial charge is 0.351 e. The molecule has 144 valence electrons. The number of hydrogen-bond acceptors (Lipinski definition) is 3. The first-order chi connectivity index (χ1) is 12.8. The van der Waals surface area contributed by atoms with Crippen molar-refractivity contribution in [2.45, 2.75) is 19.5 Å². The Morgan fingerprint density at radius 2 is 1.70 bits per heavy atom. The van der Waals surface area contributed by atoms with E-state index in [1.807, 2.05) is 30.3 Å². The number of amides is 2. The SMILES string of the molecule is C[C@H](C(=O)NCc1ccccc1)N(C)CC(=O)Nc1ccc(F)c(F)c1F. The van der Waals surface area contributed by atoms with Gasteiger partial charge in [0.15, 0.2) is 17.5 Å². The van der Waals surface area contributed by atoms with Crippen LogP contribution in [0.5, 0.6) is 0 Å². The molecule has 2 amide bonds. The Morgan fingerprint density at radius 1 is 1.04 bits per heavy atom. The third-order valence-electron chi connectivity index (χ3n) is 4.05. The average Bonchev–Trinajstić information content (AvgIpc) is 2.66. The maximum Gasteiger partial charge on any atom is 0.238 e. The van der Waals surface area contributed by atoms with Crippen molar-refractivity contribution in [3.05, 3.63) is 65.5 Å². The van der Waals surface area contributed by atoms with E-state index in [-0.39, 0.29) is 12.5 Å². The van der Waals surface area contributed by atoms with Crippen LogP contribution in [0.15, 0.2) is 42.5 Å². The van der Waals surface area contributed by atoms with E-state index in [9.17, 15) is 22.8 Å². The number of hydrogen-bond donors (Lipinski definition) is 2. The summed E-state index contributed by atoms with van der Waals surface area (Å²) >= 11 is 0. The van der Waals surface area contributed by atoms with Gasteiger partial charge in [-0.05, 0) is 31.7 Å². The number of nitrogens with zero attached hydrogens (tertiary/aromatic N) is 1. The van der Waals surface area contributed by atoms with Crippen LogP contribution in [-0.4, -0.2) is 36.3 Å². The fourth-order valence-corrected chi connectivity index (χ4v) is 2.31. The molecule has 0 fully saturated rings. The van der Waals surface area contributed by atoms with Crippen LogP contribution in [0.1, 0.15) is 12.5 Å². The Labute approximate surface area is 155 Å². The van der Waals surface area contributed by atoms with E-state index in [0.717, 1.165) is 17.7 Å². The summed E-state index contributed by atoms with van der Waals surface area (Å²) in [5, 5.41) is 4.93. The molecule has 1 atom stereocenters. The van der Waals surface area contributed by atoms with Crippen LogP contribution in [0.4, 0.5) is 18.9 Å². The molecule has 2 N–H and O–H groups in total.